The minimum absolute atomic E-state index is 0.0486. The number of ether oxygens (including phenoxy) is 2. The largest absolute Gasteiger partial charge is 0.473 e. The topological polar surface area (TPSA) is 57.4 Å². The van der Waals surface area contributed by atoms with Gasteiger partial charge in [-0.2, -0.15) is 4.98 Å². The number of nitrogen functional groups attached to an aromatic ring is 1. The molecule has 1 unspecified atom stereocenters. The summed E-state index contributed by atoms with van der Waals surface area (Å²) in [5.41, 5.74) is 5.21. The van der Waals surface area contributed by atoms with Crippen molar-refractivity contribution in [3.63, 3.8) is 0 Å². The SMILES string of the molecule is Nc1nc(OCC2CCCO2)c(F)cc1F. The van der Waals surface area contributed by atoms with Crippen molar-refractivity contribution in [1.82, 2.24) is 4.98 Å². The minimum Gasteiger partial charge on any atom is -0.473 e. The molecule has 1 aromatic heterocycles. The maximum atomic E-state index is 13.2. The van der Waals surface area contributed by atoms with Gasteiger partial charge in [-0.25, -0.2) is 8.78 Å². The molecular formula is C10H12F2N2O2. The monoisotopic (exact) mass is 230 g/mol. The fraction of sp³-hybridized carbons (Fsp3) is 0.500. The second-order valence-electron chi connectivity index (χ2n) is 3.59. The molecule has 4 nitrogen and oxygen atoms in total. The summed E-state index contributed by atoms with van der Waals surface area (Å²) >= 11 is 0. The van der Waals surface area contributed by atoms with Crippen molar-refractivity contribution >= 4 is 5.82 Å². The third-order valence-electron chi connectivity index (χ3n) is 2.35. The van der Waals surface area contributed by atoms with Crippen molar-refractivity contribution in [2.24, 2.45) is 0 Å². The van der Waals surface area contributed by atoms with Gasteiger partial charge in [-0.15, -0.1) is 0 Å². The highest BCUT2D eigenvalue weighted by Gasteiger charge is 2.18. The van der Waals surface area contributed by atoms with Crippen LogP contribution in [0.4, 0.5) is 14.6 Å². The van der Waals surface area contributed by atoms with Gasteiger partial charge in [0.1, 0.15) is 6.61 Å². The Morgan fingerprint density at radius 1 is 1.50 bits per heavy atom. The fourth-order valence-electron chi connectivity index (χ4n) is 1.51. The highest BCUT2D eigenvalue weighted by Crippen LogP contribution is 2.20. The second kappa shape index (κ2) is 4.61. The average Bonchev–Trinajstić information content (AvgIpc) is 2.74. The molecule has 16 heavy (non-hydrogen) atoms. The summed E-state index contributed by atoms with van der Waals surface area (Å²) < 4.78 is 36.4. The van der Waals surface area contributed by atoms with E-state index in [2.05, 4.69) is 4.98 Å². The van der Waals surface area contributed by atoms with Crippen LogP contribution in [0, 0.1) is 11.6 Å². The maximum absolute atomic E-state index is 13.2. The van der Waals surface area contributed by atoms with Gasteiger partial charge in [-0.05, 0) is 12.8 Å². The predicted octanol–water partition coefficient (Wildman–Crippen LogP) is 1.50. The van der Waals surface area contributed by atoms with Crippen LogP contribution in [0.1, 0.15) is 12.8 Å². The van der Waals surface area contributed by atoms with E-state index in [1.807, 2.05) is 0 Å². The third-order valence-corrected chi connectivity index (χ3v) is 2.35. The van der Waals surface area contributed by atoms with Gasteiger partial charge in [0.15, 0.2) is 17.5 Å². The summed E-state index contributed by atoms with van der Waals surface area (Å²) in [5, 5.41) is 0. The molecule has 0 amide bonds. The van der Waals surface area contributed by atoms with Crippen LogP contribution in [0.15, 0.2) is 6.07 Å². The van der Waals surface area contributed by atoms with Gasteiger partial charge in [0, 0.05) is 12.7 Å². The van der Waals surface area contributed by atoms with Gasteiger partial charge in [-0.3, -0.25) is 0 Å². The predicted molar refractivity (Wildman–Crippen MR) is 53.0 cm³/mol. The molecule has 88 valence electrons. The van der Waals surface area contributed by atoms with Crippen LogP contribution in [-0.2, 0) is 4.74 Å². The molecule has 2 N–H and O–H groups in total. The fourth-order valence-corrected chi connectivity index (χ4v) is 1.51. The summed E-state index contributed by atoms with van der Waals surface area (Å²) in [6, 6.07) is 0.660. The number of rotatable bonds is 3. The van der Waals surface area contributed by atoms with E-state index in [0.29, 0.717) is 12.7 Å². The zero-order chi connectivity index (χ0) is 11.5. The Bertz CT molecular complexity index is 381. The maximum Gasteiger partial charge on any atom is 0.252 e. The lowest BCUT2D eigenvalue weighted by Crippen LogP contribution is -2.17. The van der Waals surface area contributed by atoms with E-state index in [1.165, 1.54) is 0 Å². The molecule has 1 fully saturated rings. The molecule has 1 aromatic rings. The Labute approximate surface area is 91.4 Å². The molecule has 1 saturated heterocycles. The summed E-state index contributed by atoms with van der Waals surface area (Å²) in [7, 11) is 0. The molecule has 0 saturated carbocycles. The van der Waals surface area contributed by atoms with E-state index in [9.17, 15) is 8.78 Å². The van der Waals surface area contributed by atoms with Crippen molar-refractivity contribution in [3.05, 3.63) is 17.7 Å². The lowest BCUT2D eigenvalue weighted by Gasteiger charge is -2.11. The van der Waals surface area contributed by atoms with E-state index in [1.54, 1.807) is 0 Å². The molecule has 0 radical (unpaired) electrons. The van der Waals surface area contributed by atoms with Gasteiger partial charge in [0.25, 0.3) is 5.88 Å². The zero-order valence-electron chi connectivity index (χ0n) is 8.58. The second-order valence-corrected chi connectivity index (χ2v) is 3.59. The Hall–Kier alpha value is -1.43. The normalized spacial score (nSPS) is 20.0. The summed E-state index contributed by atoms with van der Waals surface area (Å²) in [6.07, 6.45) is 1.79. The number of pyridine rings is 1. The van der Waals surface area contributed by atoms with Crippen LogP contribution in [0.5, 0.6) is 5.88 Å². The molecule has 2 heterocycles. The zero-order valence-corrected chi connectivity index (χ0v) is 8.58. The lowest BCUT2D eigenvalue weighted by atomic mass is 10.2. The Morgan fingerprint density at radius 3 is 3.00 bits per heavy atom. The van der Waals surface area contributed by atoms with Crippen molar-refractivity contribution in [2.75, 3.05) is 18.9 Å². The summed E-state index contributed by atoms with van der Waals surface area (Å²) in [6.45, 7) is 0.893. The van der Waals surface area contributed by atoms with Crippen LogP contribution in [0.3, 0.4) is 0 Å². The molecule has 0 spiro atoms. The van der Waals surface area contributed by atoms with Crippen LogP contribution in [-0.4, -0.2) is 24.3 Å². The number of nitrogens with two attached hydrogens (primary N) is 1. The van der Waals surface area contributed by atoms with Crippen LogP contribution in [0.2, 0.25) is 0 Å². The first-order valence-corrected chi connectivity index (χ1v) is 5.02. The number of anilines is 1. The van der Waals surface area contributed by atoms with Crippen LogP contribution < -0.4 is 10.5 Å². The number of aromatic nitrogens is 1. The molecular weight excluding hydrogens is 218 g/mol. The highest BCUT2D eigenvalue weighted by atomic mass is 19.1. The highest BCUT2D eigenvalue weighted by molar-refractivity contribution is 5.34. The summed E-state index contributed by atoms with van der Waals surface area (Å²) in [5.74, 6) is -2.40. The van der Waals surface area contributed by atoms with E-state index < -0.39 is 11.6 Å². The van der Waals surface area contributed by atoms with Gasteiger partial charge in [0.05, 0.1) is 6.10 Å². The molecule has 1 aliphatic heterocycles. The van der Waals surface area contributed by atoms with Gasteiger partial charge >= 0.3 is 0 Å². The van der Waals surface area contributed by atoms with E-state index in [-0.39, 0.29) is 24.4 Å². The number of nitrogens with zero attached hydrogens (tertiary/aromatic N) is 1. The third kappa shape index (κ3) is 2.38. The first kappa shape index (κ1) is 11.1. The van der Waals surface area contributed by atoms with Crippen molar-refractivity contribution in [1.29, 1.82) is 0 Å². The minimum atomic E-state index is -0.887. The Kier molecular flexibility index (Phi) is 3.19. The first-order valence-electron chi connectivity index (χ1n) is 5.02. The van der Waals surface area contributed by atoms with Crippen LogP contribution in [0.25, 0.3) is 0 Å². The van der Waals surface area contributed by atoms with E-state index in [0.717, 1.165) is 12.8 Å². The molecule has 1 aliphatic rings. The standard InChI is InChI=1S/C10H12F2N2O2/c11-7-4-8(12)10(14-9(7)13)16-5-6-2-1-3-15-6/h4,6H,1-3,5H2,(H2,13,14). The van der Waals surface area contributed by atoms with Crippen LogP contribution >= 0.6 is 0 Å². The van der Waals surface area contributed by atoms with Crippen molar-refractivity contribution in [2.45, 2.75) is 18.9 Å². The molecule has 2 rings (SSSR count). The molecule has 0 bridgehead atoms. The Balaban J connectivity index is 2.00. The van der Waals surface area contributed by atoms with Crippen molar-refractivity contribution in [3.8, 4) is 5.88 Å². The van der Waals surface area contributed by atoms with Gasteiger partial charge in [0.2, 0.25) is 0 Å². The smallest absolute Gasteiger partial charge is 0.252 e. The Morgan fingerprint density at radius 2 is 2.31 bits per heavy atom. The quantitative estimate of drug-likeness (QED) is 0.854. The molecule has 0 aliphatic carbocycles. The van der Waals surface area contributed by atoms with E-state index >= 15 is 0 Å². The molecule has 1 atom stereocenters. The van der Waals surface area contributed by atoms with Gasteiger partial charge in [-0.1, -0.05) is 0 Å². The lowest BCUT2D eigenvalue weighted by molar-refractivity contribution is 0.0648. The first-order chi connectivity index (χ1) is 7.66. The molecule has 0 aromatic carbocycles. The van der Waals surface area contributed by atoms with E-state index in [4.69, 9.17) is 15.2 Å². The molecule has 6 heteroatoms. The number of hydrogen-bond donors (Lipinski definition) is 1. The number of halogens is 2. The van der Waals surface area contributed by atoms with Gasteiger partial charge < -0.3 is 15.2 Å². The van der Waals surface area contributed by atoms with Crippen molar-refractivity contribution < 1.29 is 18.3 Å². The number of hydrogen-bond acceptors (Lipinski definition) is 4. The average molecular weight is 230 g/mol. The summed E-state index contributed by atoms with van der Waals surface area (Å²) in [4.78, 5) is 3.48.